The highest BCUT2D eigenvalue weighted by atomic mass is 35.5. The zero-order valence-corrected chi connectivity index (χ0v) is 14.5. The number of carbonyl (C=O) groups excluding carboxylic acids is 1. The Balaban J connectivity index is 2.18. The maximum absolute atomic E-state index is 12.1. The SMILES string of the molecule is COc1ccc(C(=O)NC[C@H](O)CO)cc1C=Cc1ccc(Cl)cc1. The van der Waals surface area contributed by atoms with Gasteiger partial charge < -0.3 is 20.3 Å². The second-order valence-electron chi connectivity index (χ2n) is 5.39. The molecule has 0 saturated carbocycles. The first-order valence-electron chi connectivity index (χ1n) is 7.72. The van der Waals surface area contributed by atoms with E-state index < -0.39 is 12.7 Å². The molecule has 0 fully saturated rings. The van der Waals surface area contributed by atoms with Crippen molar-refractivity contribution in [3.63, 3.8) is 0 Å². The van der Waals surface area contributed by atoms with Crippen LogP contribution >= 0.6 is 11.6 Å². The molecule has 132 valence electrons. The van der Waals surface area contributed by atoms with Gasteiger partial charge in [0.1, 0.15) is 5.75 Å². The molecule has 0 aliphatic carbocycles. The Morgan fingerprint density at radius 3 is 2.60 bits per heavy atom. The molecule has 2 aromatic rings. The van der Waals surface area contributed by atoms with Crippen molar-refractivity contribution in [2.24, 2.45) is 0 Å². The lowest BCUT2D eigenvalue weighted by Gasteiger charge is -2.11. The van der Waals surface area contributed by atoms with Gasteiger partial charge in [0.05, 0.1) is 19.8 Å². The topological polar surface area (TPSA) is 78.8 Å². The van der Waals surface area contributed by atoms with E-state index in [0.29, 0.717) is 16.3 Å². The molecule has 0 aliphatic rings. The second-order valence-corrected chi connectivity index (χ2v) is 5.82. The Hall–Kier alpha value is -2.34. The van der Waals surface area contributed by atoms with Gasteiger partial charge in [0.15, 0.2) is 0 Å². The van der Waals surface area contributed by atoms with Crippen molar-refractivity contribution in [2.75, 3.05) is 20.3 Å². The van der Waals surface area contributed by atoms with Crippen molar-refractivity contribution in [1.29, 1.82) is 0 Å². The van der Waals surface area contributed by atoms with Gasteiger partial charge in [0.2, 0.25) is 0 Å². The largest absolute Gasteiger partial charge is 0.496 e. The van der Waals surface area contributed by atoms with Gasteiger partial charge >= 0.3 is 0 Å². The molecule has 25 heavy (non-hydrogen) atoms. The maximum atomic E-state index is 12.1. The molecule has 5 nitrogen and oxygen atoms in total. The fourth-order valence-corrected chi connectivity index (χ4v) is 2.27. The smallest absolute Gasteiger partial charge is 0.251 e. The van der Waals surface area contributed by atoms with Crippen molar-refractivity contribution < 1.29 is 19.7 Å². The summed E-state index contributed by atoms with van der Waals surface area (Å²) >= 11 is 5.87. The fraction of sp³-hybridized carbons (Fsp3) is 0.211. The summed E-state index contributed by atoms with van der Waals surface area (Å²) in [6.45, 7) is -0.421. The van der Waals surface area contributed by atoms with Gasteiger partial charge in [-0.05, 0) is 35.9 Å². The minimum absolute atomic E-state index is 0.0166. The predicted octanol–water partition coefficient (Wildman–Crippen LogP) is 2.60. The van der Waals surface area contributed by atoms with Crippen molar-refractivity contribution in [3.05, 3.63) is 64.2 Å². The average molecular weight is 362 g/mol. The number of benzene rings is 2. The van der Waals surface area contributed by atoms with Gasteiger partial charge in [-0.1, -0.05) is 35.9 Å². The number of nitrogens with one attached hydrogen (secondary N) is 1. The number of carbonyl (C=O) groups is 1. The zero-order chi connectivity index (χ0) is 18.2. The molecule has 0 unspecified atom stereocenters. The number of rotatable bonds is 7. The first-order chi connectivity index (χ1) is 12.0. The van der Waals surface area contributed by atoms with E-state index in [1.165, 1.54) is 0 Å². The van der Waals surface area contributed by atoms with Crippen LogP contribution < -0.4 is 10.1 Å². The molecule has 0 radical (unpaired) electrons. The van der Waals surface area contributed by atoms with Crippen LogP contribution in [0.5, 0.6) is 5.75 Å². The third kappa shape index (κ3) is 5.60. The summed E-state index contributed by atoms with van der Waals surface area (Å²) in [6, 6.07) is 12.4. The number of hydrogen-bond donors (Lipinski definition) is 3. The lowest BCUT2D eigenvalue weighted by Crippen LogP contribution is -2.33. The molecule has 6 heteroatoms. The lowest BCUT2D eigenvalue weighted by molar-refractivity contribution is 0.0802. The second kappa shape index (κ2) is 9.22. The molecule has 0 aromatic heterocycles. The normalized spacial score (nSPS) is 12.2. The minimum atomic E-state index is -0.980. The summed E-state index contributed by atoms with van der Waals surface area (Å²) < 4.78 is 5.33. The van der Waals surface area contributed by atoms with Crippen LogP contribution in [0.3, 0.4) is 0 Å². The summed E-state index contributed by atoms with van der Waals surface area (Å²) in [7, 11) is 1.56. The summed E-state index contributed by atoms with van der Waals surface area (Å²) in [4.78, 5) is 12.1. The molecule has 2 rings (SSSR count). The van der Waals surface area contributed by atoms with Crippen LogP contribution in [0, 0.1) is 0 Å². The molecule has 0 aliphatic heterocycles. The van der Waals surface area contributed by atoms with Crippen LogP contribution in [0.15, 0.2) is 42.5 Å². The number of ether oxygens (including phenoxy) is 1. The van der Waals surface area contributed by atoms with E-state index in [1.807, 2.05) is 24.3 Å². The van der Waals surface area contributed by atoms with Gasteiger partial charge in [-0.3, -0.25) is 4.79 Å². The summed E-state index contributed by atoms with van der Waals surface area (Å²) in [5.74, 6) is 0.299. The van der Waals surface area contributed by atoms with Gasteiger partial charge in [0, 0.05) is 22.7 Å². The highest BCUT2D eigenvalue weighted by Crippen LogP contribution is 2.23. The lowest BCUT2D eigenvalue weighted by atomic mass is 10.1. The minimum Gasteiger partial charge on any atom is -0.496 e. The van der Waals surface area contributed by atoms with Gasteiger partial charge in [-0.2, -0.15) is 0 Å². The number of aliphatic hydroxyl groups excluding tert-OH is 2. The van der Waals surface area contributed by atoms with Crippen LogP contribution in [0.4, 0.5) is 0 Å². The summed E-state index contributed by atoms with van der Waals surface area (Å²) in [5.41, 5.74) is 2.14. The Kier molecular flexibility index (Phi) is 7.01. The quantitative estimate of drug-likeness (QED) is 0.662. The molecule has 0 bridgehead atoms. The van der Waals surface area contributed by atoms with Crippen molar-refractivity contribution in [1.82, 2.24) is 5.32 Å². The Labute approximate surface area is 151 Å². The molecule has 0 heterocycles. The van der Waals surface area contributed by atoms with E-state index in [4.69, 9.17) is 21.4 Å². The molecular weight excluding hydrogens is 342 g/mol. The van der Waals surface area contributed by atoms with Crippen LogP contribution in [-0.4, -0.2) is 42.5 Å². The van der Waals surface area contributed by atoms with Crippen molar-refractivity contribution in [3.8, 4) is 5.75 Å². The predicted molar refractivity (Wildman–Crippen MR) is 98.8 cm³/mol. The summed E-state index contributed by atoms with van der Waals surface area (Å²) in [6.07, 6.45) is 2.76. The molecule has 2 aromatic carbocycles. The first kappa shape index (κ1) is 19.0. The van der Waals surface area contributed by atoms with Crippen molar-refractivity contribution in [2.45, 2.75) is 6.10 Å². The average Bonchev–Trinajstić information content (AvgIpc) is 2.65. The molecule has 1 amide bonds. The van der Waals surface area contributed by atoms with Crippen molar-refractivity contribution >= 4 is 29.7 Å². The van der Waals surface area contributed by atoms with Gasteiger partial charge in [-0.15, -0.1) is 0 Å². The Bertz CT molecular complexity index is 744. The van der Waals surface area contributed by atoms with E-state index in [1.54, 1.807) is 37.4 Å². The van der Waals surface area contributed by atoms with E-state index in [2.05, 4.69) is 5.32 Å². The molecule has 0 saturated heterocycles. The van der Waals surface area contributed by atoms with Gasteiger partial charge in [-0.25, -0.2) is 0 Å². The Morgan fingerprint density at radius 2 is 1.96 bits per heavy atom. The Morgan fingerprint density at radius 1 is 1.24 bits per heavy atom. The number of methoxy groups -OCH3 is 1. The van der Waals surface area contributed by atoms with E-state index in [0.717, 1.165) is 11.1 Å². The summed E-state index contributed by atoms with van der Waals surface area (Å²) in [5, 5.41) is 21.3. The maximum Gasteiger partial charge on any atom is 0.251 e. The highest BCUT2D eigenvalue weighted by molar-refractivity contribution is 6.30. The standard InChI is InChI=1S/C19H20ClNO4/c1-25-18-9-6-15(19(24)21-11-17(23)12-22)10-14(18)5-2-13-3-7-16(20)8-4-13/h2-10,17,22-23H,11-12H2,1H3,(H,21,24)/t17-/m0/s1. The molecule has 3 N–H and O–H groups in total. The highest BCUT2D eigenvalue weighted by Gasteiger charge is 2.10. The molecular formula is C19H20ClNO4. The molecule has 0 spiro atoms. The number of halogens is 1. The van der Waals surface area contributed by atoms with Crippen LogP contribution in [0.1, 0.15) is 21.5 Å². The van der Waals surface area contributed by atoms with Crippen LogP contribution in [0.2, 0.25) is 5.02 Å². The third-order valence-corrected chi connectivity index (χ3v) is 3.78. The van der Waals surface area contributed by atoms with E-state index in [9.17, 15) is 9.90 Å². The van der Waals surface area contributed by atoms with Gasteiger partial charge in [0.25, 0.3) is 5.91 Å². The number of aliphatic hydroxyl groups is 2. The fourth-order valence-electron chi connectivity index (χ4n) is 2.14. The van der Waals surface area contributed by atoms with E-state index >= 15 is 0 Å². The first-order valence-corrected chi connectivity index (χ1v) is 8.10. The number of amides is 1. The third-order valence-electron chi connectivity index (χ3n) is 3.53. The van der Waals surface area contributed by atoms with Crippen LogP contribution in [0.25, 0.3) is 12.2 Å². The molecule has 1 atom stereocenters. The monoisotopic (exact) mass is 361 g/mol. The number of hydrogen-bond acceptors (Lipinski definition) is 4. The van der Waals surface area contributed by atoms with Crippen LogP contribution in [-0.2, 0) is 0 Å². The zero-order valence-electron chi connectivity index (χ0n) is 13.8. The van der Waals surface area contributed by atoms with E-state index in [-0.39, 0.29) is 12.5 Å².